The predicted octanol–water partition coefficient (Wildman–Crippen LogP) is 2.07. The van der Waals surface area contributed by atoms with Crippen molar-refractivity contribution in [2.75, 3.05) is 0 Å². The summed E-state index contributed by atoms with van der Waals surface area (Å²) in [5.74, 6) is -0.0535. The summed E-state index contributed by atoms with van der Waals surface area (Å²) in [5.41, 5.74) is 1.42. The molecular weight excluding hydrogens is 281 g/mol. The minimum Gasteiger partial charge on any atom is -0.408 e. The Hall–Kier alpha value is -1.53. The van der Waals surface area contributed by atoms with Gasteiger partial charge in [-0.05, 0) is 44.3 Å². The van der Waals surface area contributed by atoms with Gasteiger partial charge >= 0.3 is 12.9 Å². The zero-order valence-corrected chi connectivity index (χ0v) is 14.0. The molecule has 2 heterocycles. The molecule has 1 aliphatic heterocycles. The zero-order chi connectivity index (χ0) is 16.3. The van der Waals surface area contributed by atoms with Crippen LogP contribution in [0.15, 0.2) is 27.4 Å². The smallest absolute Gasteiger partial charge is 0.408 e. The highest BCUT2D eigenvalue weighted by Crippen LogP contribution is 2.42. The van der Waals surface area contributed by atoms with E-state index in [2.05, 4.69) is 34.6 Å². The topological polar surface area (TPSA) is 53.6 Å². The maximum absolute atomic E-state index is 11.6. The van der Waals surface area contributed by atoms with E-state index in [0.29, 0.717) is 11.5 Å². The molecule has 2 aromatic rings. The van der Waals surface area contributed by atoms with Crippen LogP contribution in [0.25, 0.3) is 11.1 Å². The molecule has 1 unspecified atom stereocenters. The number of nitrogens with zero attached hydrogens (tertiary/aromatic N) is 1. The second kappa shape index (κ2) is 4.73. The van der Waals surface area contributed by atoms with Crippen molar-refractivity contribution in [1.82, 2.24) is 4.57 Å². The summed E-state index contributed by atoms with van der Waals surface area (Å²) in [4.78, 5) is 11.6. The number of hydrogen-bond donors (Lipinski definition) is 0. The van der Waals surface area contributed by atoms with Crippen LogP contribution in [0.3, 0.4) is 0 Å². The first kappa shape index (κ1) is 15.4. The van der Waals surface area contributed by atoms with Gasteiger partial charge in [-0.15, -0.1) is 0 Å². The van der Waals surface area contributed by atoms with E-state index in [0.717, 1.165) is 11.0 Å². The number of aromatic nitrogens is 1. The van der Waals surface area contributed by atoms with Gasteiger partial charge in [0.15, 0.2) is 5.58 Å². The Balaban J connectivity index is 2.02. The van der Waals surface area contributed by atoms with Crippen LogP contribution in [-0.4, -0.2) is 22.9 Å². The van der Waals surface area contributed by atoms with E-state index in [1.807, 2.05) is 12.1 Å². The lowest BCUT2D eigenvalue weighted by Crippen LogP contribution is -2.48. The number of aryl methyl sites for hydroxylation is 1. The number of rotatable bonds is 2. The Labute approximate surface area is 130 Å². The number of benzene rings is 1. The third-order valence-corrected chi connectivity index (χ3v) is 5.14. The van der Waals surface area contributed by atoms with E-state index < -0.39 is 12.7 Å². The Morgan fingerprint density at radius 3 is 2.45 bits per heavy atom. The number of hydrogen-bond acceptors (Lipinski definition) is 4. The van der Waals surface area contributed by atoms with Crippen LogP contribution in [0.2, 0.25) is 0 Å². The van der Waals surface area contributed by atoms with E-state index in [1.165, 1.54) is 4.57 Å². The average molecular weight is 303 g/mol. The highest BCUT2D eigenvalue weighted by atomic mass is 16.7. The normalized spacial score (nSPS) is 24.6. The first-order valence-electron chi connectivity index (χ1n) is 7.61. The van der Waals surface area contributed by atoms with Gasteiger partial charge in [-0.3, -0.25) is 4.57 Å². The molecule has 0 saturated carbocycles. The minimum atomic E-state index is -0.447. The van der Waals surface area contributed by atoms with Gasteiger partial charge in [-0.1, -0.05) is 19.9 Å². The standard InChI is InChI=1S/C16H22BNO4/c1-10(2)16(5)15(3,4)21-17(22-16)11-7-8-13-12(9-11)18(6)14(19)20-13/h7-10H,1-6H3. The molecule has 0 aliphatic carbocycles. The van der Waals surface area contributed by atoms with Gasteiger partial charge in [0, 0.05) is 7.05 Å². The summed E-state index contributed by atoms with van der Waals surface area (Å²) < 4.78 is 19.1. The molecule has 0 N–H and O–H groups in total. The van der Waals surface area contributed by atoms with Gasteiger partial charge < -0.3 is 13.7 Å². The highest BCUT2D eigenvalue weighted by Gasteiger charge is 2.56. The molecule has 0 amide bonds. The summed E-state index contributed by atoms with van der Waals surface area (Å²) in [6.45, 7) is 10.5. The molecule has 1 aliphatic rings. The first-order chi connectivity index (χ1) is 10.2. The lowest BCUT2D eigenvalue weighted by atomic mass is 9.78. The van der Waals surface area contributed by atoms with E-state index >= 15 is 0 Å². The maximum Gasteiger partial charge on any atom is 0.494 e. The van der Waals surface area contributed by atoms with E-state index in [-0.39, 0.29) is 11.4 Å². The van der Waals surface area contributed by atoms with Crippen LogP contribution in [0.5, 0.6) is 0 Å². The summed E-state index contributed by atoms with van der Waals surface area (Å²) in [6.07, 6.45) is 0. The van der Waals surface area contributed by atoms with E-state index in [9.17, 15) is 4.79 Å². The third kappa shape index (κ3) is 2.05. The van der Waals surface area contributed by atoms with Gasteiger partial charge in [0.2, 0.25) is 0 Å². The zero-order valence-electron chi connectivity index (χ0n) is 14.0. The molecule has 1 fully saturated rings. The van der Waals surface area contributed by atoms with E-state index in [1.54, 1.807) is 13.1 Å². The van der Waals surface area contributed by atoms with Crippen molar-refractivity contribution in [1.29, 1.82) is 0 Å². The molecule has 0 bridgehead atoms. The average Bonchev–Trinajstić information content (AvgIpc) is 2.85. The van der Waals surface area contributed by atoms with Gasteiger partial charge in [0.1, 0.15) is 0 Å². The SMILES string of the molecule is CC(C)C1(C)OB(c2ccc3oc(=O)n(C)c3c2)OC1(C)C. The lowest BCUT2D eigenvalue weighted by molar-refractivity contribution is -0.0435. The largest absolute Gasteiger partial charge is 0.494 e. The molecule has 5 nitrogen and oxygen atoms in total. The van der Waals surface area contributed by atoms with Crippen LogP contribution in [0.4, 0.5) is 0 Å². The fourth-order valence-corrected chi connectivity index (χ4v) is 3.03. The van der Waals surface area contributed by atoms with Gasteiger partial charge in [0.25, 0.3) is 0 Å². The maximum atomic E-state index is 11.6. The monoisotopic (exact) mass is 303 g/mol. The second-order valence-corrected chi connectivity index (χ2v) is 6.99. The first-order valence-corrected chi connectivity index (χ1v) is 7.61. The molecule has 6 heteroatoms. The second-order valence-electron chi connectivity index (χ2n) is 6.99. The van der Waals surface area contributed by atoms with E-state index in [4.69, 9.17) is 13.7 Å². The Kier molecular flexibility index (Phi) is 3.31. The van der Waals surface area contributed by atoms with Crippen molar-refractivity contribution < 1.29 is 13.7 Å². The Bertz CT molecular complexity index is 776. The molecule has 118 valence electrons. The van der Waals surface area contributed by atoms with Gasteiger partial charge in [-0.25, -0.2) is 4.79 Å². The van der Waals surface area contributed by atoms with Gasteiger partial charge in [0.05, 0.1) is 16.7 Å². The predicted molar refractivity (Wildman–Crippen MR) is 86.3 cm³/mol. The summed E-state index contributed by atoms with van der Waals surface area (Å²) >= 11 is 0. The molecule has 1 saturated heterocycles. The molecule has 1 atom stereocenters. The van der Waals surface area contributed by atoms with Crippen molar-refractivity contribution in [2.24, 2.45) is 13.0 Å². The Morgan fingerprint density at radius 2 is 1.86 bits per heavy atom. The minimum absolute atomic E-state index is 0.314. The van der Waals surface area contributed by atoms with Crippen LogP contribution in [0, 0.1) is 5.92 Å². The fourth-order valence-electron chi connectivity index (χ4n) is 3.03. The lowest BCUT2D eigenvalue weighted by Gasteiger charge is -2.39. The Morgan fingerprint density at radius 1 is 1.18 bits per heavy atom. The third-order valence-electron chi connectivity index (χ3n) is 5.14. The van der Waals surface area contributed by atoms with Crippen molar-refractivity contribution in [3.63, 3.8) is 0 Å². The molecule has 3 rings (SSSR count). The fraction of sp³-hybridized carbons (Fsp3) is 0.562. The summed E-state index contributed by atoms with van der Waals surface area (Å²) in [5, 5.41) is 0. The molecule has 22 heavy (non-hydrogen) atoms. The summed E-state index contributed by atoms with van der Waals surface area (Å²) in [7, 11) is 1.24. The van der Waals surface area contributed by atoms with Gasteiger partial charge in [-0.2, -0.15) is 0 Å². The van der Waals surface area contributed by atoms with Crippen molar-refractivity contribution in [2.45, 2.75) is 45.8 Å². The molecule has 0 radical (unpaired) electrons. The highest BCUT2D eigenvalue weighted by molar-refractivity contribution is 6.62. The molecule has 1 aromatic carbocycles. The van der Waals surface area contributed by atoms with Crippen LogP contribution in [-0.2, 0) is 16.4 Å². The van der Waals surface area contributed by atoms with Crippen LogP contribution in [0.1, 0.15) is 34.6 Å². The quantitative estimate of drug-likeness (QED) is 0.797. The molecular formula is C16H22BNO4. The van der Waals surface area contributed by atoms with Crippen LogP contribution < -0.4 is 11.2 Å². The molecule has 1 aromatic heterocycles. The number of fused-ring (bicyclic) bond motifs is 1. The van der Waals surface area contributed by atoms with Crippen LogP contribution >= 0.6 is 0 Å². The van der Waals surface area contributed by atoms with Crippen molar-refractivity contribution in [3.8, 4) is 0 Å². The molecule has 0 spiro atoms. The van der Waals surface area contributed by atoms with Crippen molar-refractivity contribution >= 4 is 23.7 Å². The number of oxazole rings is 1. The summed E-state index contributed by atoms with van der Waals surface area (Å²) in [6, 6.07) is 5.57. The van der Waals surface area contributed by atoms with Crippen molar-refractivity contribution in [3.05, 3.63) is 28.7 Å².